The van der Waals surface area contributed by atoms with Crippen molar-refractivity contribution in [3.05, 3.63) is 47.6 Å². The van der Waals surface area contributed by atoms with Crippen molar-refractivity contribution in [2.45, 2.75) is 39.7 Å². The average Bonchev–Trinajstić information content (AvgIpc) is 2.63. The summed E-state index contributed by atoms with van der Waals surface area (Å²) in [5.74, 6) is 1.16. The fourth-order valence-electron chi connectivity index (χ4n) is 2.79. The lowest BCUT2D eigenvalue weighted by atomic mass is 10.1. The second-order valence-electron chi connectivity index (χ2n) is 6.32. The normalized spacial score (nSPS) is 14.5. The maximum atomic E-state index is 12.6. The number of benzene rings is 1. The van der Waals surface area contributed by atoms with E-state index >= 15 is 0 Å². The number of allylic oxidation sites excluding steroid dienone is 2. The zero-order valence-electron chi connectivity index (χ0n) is 16.0. The molecule has 0 fully saturated rings. The first kappa shape index (κ1) is 20.0. The topological polar surface area (TPSA) is 59.6 Å². The van der Waals surface area contributed by atoms with Crippen LogP contribution >= 0.6 is 0 Å². The molecule has 5 nitrogen and oxygen atoms in total. The van der Waals surface area contributed by atoms with Crippen molar-refractivity contribution in [2.75, 3.05) is 26.3 Å². The third-order valence-corrected chi connectivity index (χ3v) is 3.99. The fourth-order valence-corrected chi connectivity index (χ4v) is 2.79. The molecular formula is C21H30N2O3. The van der Waals surface area contributed by atoms with Crippen LogP contribution in [0.25, 0.3) is 0 Å². The Balaban J connectivity index is 1.88. The Labute approximate surface area is 156 Å². The van der Waals surface area contributed by atoms with Gasteiger partial charge in [0.1, 0.15) is 11.5 Å². The van der Waals surface area contributed by atoms with Crippen molar-refractivity contribution in [3.63, 3.8) is 0 Å². The van der Waals surface area contributed by atoms with E-state index < -0.39 is 0 Å². The first-order valence-corrected chi connectivity index (χ1v) is 9.40. The summed E-state index contributed by atoms with van der Waals surface area (Å²) in [6.07, 6.45) is 8.85. The molecule has 2 rings (SSSR count). The van der Waals surface area contributed by atoms with Crippen LogP contribution in [0.2, 0.25) is 0 Å². The molecule has 0 radical (unpaired) electrons. The molecule has 0 saturated carbocycles. The minimum atomic E-state index is -0.126. The maximum absolute atomic E-state index is 12.6. The smallest absolute Gasteiger partial charge is 0.251 e. The summed E-state index contributed by atoms with van der Waals surface area (Å²) in [6, 6.07) is 5.32. The van der Waals surface area contributed by atoms with Crippen LogP contribution in [-0.4, -0.2) is 38.3 Å². The zero-order chi connectivity index (χ0) is 18.8. The Morgan fingerprint density at radius 2 is 1.81 bits per heavy atom. The first-order chi connectivity index (χ1) is 12.6. The van der Waals surface area contributed by atoms with Crippen molar-refractivity contribution in [3.8, 4) is 11.5 Å². The zero-order valence-corrected chi connectivity index (χ0v) is 16.0. The standard InChI is InChI=1S/C21H30N2O3/c1-4-25-19-11-18(12-20(13-19)26-5-2)21(24)23-16(3)14-22-15-17-9-7-6-8-10-17/h7,9-13,16,22H,4-6,8,14-15H2,1-3H3,(H,23,24). The monoisotopic (exact) mass is 358 g/mol. The van der Waals surface area contributed by atoms with E-state index in [1.807, 2.05) is 20.8 Å². The molecule has 0 aromatic heterocycles. The summed E-state index contributed by atoms with van der Waals surface area (Å²) in [5.41, 5.74) is 1.85. The van der Waals surface area contributed by atoms with Gasteiger partial charge < -0.3 is 20.1 Å². The minimum Gasteiger partial charge on any atom is -0.494 e. The molecule has 0 heterocycles. The lowest BCUT2D eigenvalue weighted by Crippen LogP contribution is -2.40. The number of amides is 1. The summed E-state index contributed by atoms with van der Waals surface area (Å²) < 4.78 is 11.1. The van der Waals surface area contributed by atoms with Gasteiger partial charge in [0.25, 0.3) is 5.91 Å². The van der Waals surface area contributed by atoms with Gasteiger partial charge in [0.15, 0.2) is 0 Å². The molecule has 26 heavy (non-hydrogen) atoms. The van der Waals surface area contributed by atoms with Crippen LogP contribution in [0.3, 0.4) is 0 Å². The average molecular weight is 358 g/mol. The minimum absolute atomic E-state index is 0.0157. The van der Waals surface area contributed by atoms with Gasteiger partial charge in [0.05, 0.1) is 13.2 Å². The second-order valence-corrected chi connectivity index (χ2v) is 6.32. The van der Waals surface area contributed by atoms with Gasteiger partial charge in [-0.3, -0.25) is 4.79 Å². The predicted molar refractivity (Wildman–Crippen MR) is 105 cm³/mol. The Hall–Kier alpha value is -2.27. The van der Waals surface area contributed by atoms with Crippen LogP contribution < -0.4 is 20.1 Å². The maximum Gasteiger partial charge on any atom is 0.251 e. The number of hydrogen-bond donors (Lipinski definition) is 2. The van der Waals surface area contributed by atoms with Crippen molar-refractivity contribution >= 4 is 5.91 Å². The molecule has 0 saturated heterocycles. The number of carbonyl (C=O) groups excluding carboxylic acids is 1. The Morgan fingerprint density at radius 3 is 2.38 bits per heavy atom. The number of nitrogens with one attached hydrogen (secondary N) is 2. The van der Waals surface area contributed by atoms with Crippen LogP contribution in [0.1, 0.15) is 44.0 Å². The van der Waals surface area contributed by atoms with E-state index in [9.17, 15) is 4.79 Å². The highest BCUT2D eigenvalue weighted by molar-refractivity contribution is 5.95. The van der Waals surface area contributed by atoms with Crippen LogP contribution in [0.5, 0.6) is 11.5 Å². The van der Waals surface area contributed by atoms with Crippen LogP contribution in [0.15, 0.2) is 42.0 Å². The summed E-state index contributed by atoms with van der Waals surface area (Å²) in [4.78, 5) is 12.6. The molecule has 1 aromatic rings. The highest BCUT2D eigenvalue weighted by atomic mass is 16.5. The van der Waals surface area contributed by atoms with Crippen molar-refractivity contribution in [1.29, 1.82) is 0 Å². The number of hydrogen-bond acceptors (Lipinski definition) is 4. The van der Waals surface area contributed by atoms with Gasteiger partial charge in [0, 0.05) is 30.8 Å². The van der Waals surface area contributed by atoms with Gasteiger partial charge in [-0.25, -0.2) is 0 Å². The largest absolute Gasteiger partial charge is 0.494 e. The summed E-state index contributed by atoms with van der Waals surface area (Å²) in [5, 5.41) is 6.41. The molecule has 1 unspecified atom stereocenters. The summed E-state index contributed by atoms with van der Waals surface area (Å²) in [6.45, 7) is 8.44. The molecule has 0 bridgehead atoms. The molecule has 1 aliphatic carbocycles. The Morgan fingerprint density at radius 1 is 1.12 bits per heavy atom. The van der Waals surface area contributed by atoms with Crippen LogP contribution in [0.4, 0.5) is 0 Å². The molecule has 0 spiro atoms. The van der Waals surface area contributed by atoms with Gasteiger partial charge in [-0.2, -0.15) is 0 Å². The van der Waals surface area contributed by atoms with Gasteiger partial charge in [-0.1, -0.05) is 18.2 Å². The molecule has 1 aromatic carbocycles. The van der Waals surface area contributed by atoms with Crippen LogP contribution in [-0.2, 0) is 0 Å². The third kappa shape index (κ3) is 6.56. The van der Waals surface area contributed by atoms with E-state index in [0.29, 0.717) is 36.8 Å². The Kier molecular flexibility index (Phi) is 8.22. The highest BCUT2D eigenvalue weighted by Gasteiger charge is 2.13. The second kappa shape index (κ2) is 10.7. The number of rotatable bonds is 10. The predicted octanol–water partition coefficient (Wildman–Crippen LogP) is 3.47. The summed E-state index contributed by atoms with van der Waals surface area (Å²) in [7, 11) is 0. The van der Waals surface area contributed by atoms with Gasteiger partial charge in [-0.15, -0.1) is 0 Å². The fraction of sp³-hybridized carbons (Fsp3) is 0.476. The molecular weight excluding hydrogens is 328 g/mol. The Bertz CT molecular complexity index is 628. The van der Waals surface area contributed by atoms with E-state index in [0.717, 1.165) is 19.4 Å². The third-order valence-electron chi connectivity index (χ3n) is 3.99. The van der Waals surface area contributed by atoms with E-state index in [4.69, 9.17) is 9.47 Å². The molecule has 0 aliphatic heterocycles. The van der Waals surface area contributed by atoms with Gasteiger partial charge in [-0.05, 0) is 51.3 Å². The lowest BCUT2D eigenvalue weighted by molar-refractivity contribution is 0.0939. The molecule has 1 aliphatic rings. The van der Waals surface area contributed by atoms with Gasteiger partial charge >= 0.3 is 0 Å². The molecule has 1 amide bonds. The first-order valence-electron chi connectivity index (χ1n) is 9.40. The number of ether oxygens (including phenoxy) is 2. The van der Waals surface area contributed by atoms with Gasteiger partial charge in [0.2, 0.25) is 0 Å². The van der Waals surface area contributed by atoms with Crippen LogP contribution in [0, 0.1) is 0 Å². The van der Waals surface area contributed by atoms with Crippen molar-refractivity contribution in [1.82, 2.24) is 10.6 Å². The van der Waals surface area contributed by atoms with E-state index in [-0.39, 0.29) is 11.9 Å². The molecule has 5 heteroatoms. The quantitative estimate of drug-likeness (QED) is 0.672. The highest BCUT2D eigenvalue weighted by Crippen LogP contribution is 2.23. The summed E-state index contributed by atoms with van der Waals surface area (Å²) >= 11 is 0. The molecule has 1 atom stereocenters. The van der Waals surface area contributed by atoms with Crippen molar-refractivity contribution < 1.29 is 14.3 Å². The number of carbonyl (C=O) groups is 1. The lowest BCUT2D eigenvalue weighted by Gasteiger charge is -2.17. The van der Waals surface area contributed by atoms with E-state index in [2.05, 4.69) is 28.9 Å². The van der Waals surface area contributed by atoms with E-state index in [1.165, 1.54) is 5.57 Å². The molecule has 142 valence electrons. The van der Waals surface area contributed by atoms with Crippen molar-refractivity contribution in [2.24, 2.45) is 0 Å². The SMILES string of the molecule is CCOc1cc(OCC)cc(C(=O)NC(C)CNCC2=CCCC=C2)c1. The van der Waals surface area contributed by atoms with E-state index in [1.54, 1.807) is 18.2 Å². The molecule has 2 N–H and O–H groups in total.